The number of alkyl halides is 3. The van der Waals surface area contributed by atoms with Gasteiger partial charge in [0.05, 0.1) is 11.0 Å². The number of carbonyl (C=O) groups excluding carboxylic acids is 2. The molecule has 1 heterocycles. The largest absolute Gasteiger partial charge is 0.449 e. The molecule has 0 fully saturated rings. The zero-order chi connectivity index (χ0) is 25.2. The molecule has 0 bridgehead atoms. The highest BCUT2D eigenvalue weighted by atomic mass is 19.4. The van der Waals surface area contributed by atoms with Crippen LogP contribution in [-0.4, -0.2) is 21.4 Å². The van der Waals surface area contributed by atoms with Crippen LogP contribution in [0.15, 0.2) is 72.8 Å². The van der Waals surface area contributed by atoms with E-state index >= 15 is 0 Å². The quantitative estimate of drug-likeness (QED) is 0.364. The topological polar surface area (TPSA) is 73.2 Å². The van der Waals surface area contributed by atoms with Gasteiger partial charge in [0.25, 0.3) is 5.91 Å². The Morgan fingerprint density at radius 1 is 1.00 bits per heavy atom. The number of carbonyl (C=O) groups is 2. The van der Waals surface area contributed by atoms with Gasteiger partial charge in [-0.05, 0) is 43.2 Å². The lowest BCUT2D eigenvalue weighted by Gasteiger charge is -2.20. The Morgan fingerprint density at radius 2 is 1.69 bits per heavy atom. The average Bonchev–Trinajstić information content (AvgIpc) is 3.19. The van der Waals surface area contributed by atoms with E-state index < -0.39 is 36.5 Å². The van der Waals surface area contributed by atoms with Crippen molar-refractivity contribution < 1.29 is 27.5 Å². The number of nitrogens with zero attached hydrogens (tertiary/aromatic N) is 2. The van der Waals surface area contributed by atoms with Gasteiger partial charge in [0.15, 0.2) is 0 Å². The Hall–Kier alpha value is -4.14. The van der Waals surface area contributed by atoms with Crippen LogP contribution in [0, 0.1) is 13.8 Å². The number of aryl methyl sites for hydroxylation is 2. The van der Waals surface area contributed by atoms with Crippen LogP contribution in [0.1, 0.15) is 28.6 Å². The highest BCUT2D eigenvalue weighted by Crippen LogP contribution is 2.32. The zero-order valence-corrected chi connectivity index (χ0v) is 19.0. The van der Waals surface area contributed by atoms with Gasteiger partial charge in [-0.25, -0.2) is 4.98 Å². The summed E-state index contributed by atoms with van der Waals surface area (Å²) < 4.78 is 47.0. The lowest BCUT2D eigenvalue weighted by atomic mass is 10.1. The van der Waals surface area contributed by atoms with Gasteiger partial charge in [0, 0.05) is 11.3 Å². The molecule has 0 spiro atoms. The predicted molar refractivity (Wildman–Crippen MR) is 125 cm³/mol. The maximum Gasteiger partial charge on any atom is 0.449 e. The second kappa shape index (κ2) is 9.61. The Balaban J connectivity index is 1.63. The summed E-state index contributed by atoms with van der Waals surface area (Å²) in [5.74, 6) is -2.85. The van der Waals surface area contributed by atoms with Crippen molar-refractivity contribution in [3.8, 4) is 0 Å². The van der Waals surface area contributed by atoms with Crippen LogP contribution >= 0.6 is 0 Å². The number of hydrogen-bond donors (Lipinski definition) is 1. The van der Waals surface area contributed by atoms with Gasteiger partial charge in [-0.3, -0.25) is 9.59 Å². The zero-order valence-electron chi connectivity index (χ0n) is 19.0. The first-order valence-corrected chi connectivity index (χ1v) is 10.8. The lowest BCUT2D eigenvalue weighted by Crippen LogP contribution is -2.28. The molecule has 1 amide bonds. The summed E-state index contributed by atoms with van der Waals surface area (Å²) in [7, 11) is 0. The number of fused-ring (bicyclic) bond motifs is 1. The molecular weight excluding hydrogens is 459 g/mol. The molecule has 3 aromatic carbocycles. The number of amides is 1. The molecule has 180 valence electrons. The molecule has 1 aromatic heterocycles. The molecule has 0 aliphatic heterocycles. The molecule has 1 unspecified atom stereocenters. The van der Waals surface area contributed by atoms with E-state index in [-0.39, 0.29) is 11.0 Å². The van der Waals surface area contributed by atoms with Crippen LogP contribution in [0.2, 0.25) is 0 Å². The summed E-state index contributed by atoms with van der Waals surface area (Å²) in [4.78, 5) is 29.7. The standard InChI is InChI=1S/C26H22F3N3O3/c1-16-12-13-17(2)20(14-16)30-24(34)23(18-8-4-3-5-9-18)35-22(33)15-32-21-11-7-6-10-19(21)31-25(32)26(27,28)29/h3-14,23H,15H2,1-2H3,(H,30,34). The minimum atomic E-state index is -4.78. The van der Waals surface area contributed by atoms with Crippen LogP contribution < -0.4 is 5.32 Å². The Morgan fingerprint density at radius 3 is 2.40 bits per heavy atom. The molecule has 0 saturated heterocycles. The van der Waals surface area contributed by atoms with Crippen molar-refractivity contribution in [2.45, 2.75) is 32.7 Å². The van der Waals surface area contributed by atoms with Crippen molar-refractivity contribution in [1.82, 2.24) is 9.55 Å². The monoisotopic (exact) mass is 481 g/mol. The number of hydrogen-bond acceptors (Lipinski definition) is 4. The van der Waals surface area contributed by atoms with Crippen LogP contribution in [0.5, 0.6) is 0 Å². The Labute approximate surface area is 199 Å². The van der Waals surface area contributed by atoms with Crippen LogP contribution in [-0.2, 0) is 27.0 Å². The summed E-state index contributed by atoms with van der Waals surface area (Å²) in [6.45, 7) is 2.92. The first-order valence-electron chi connectivity index (χ1n) is 10.8. The lowest BCUT2D eigenvalue weighted by molar-refractivity contribution is -0.157. The molecule has 1 atom stereocenters. The van der Waals surface area contributed by atoms with Crippen molar-refractivity contribution in [3.05, 3.63) is 95.3 Å². The summed E-state index contributed by atoms with van der Waals surface area (Å²) in [5.41, 5.74) is 2.89. The number of aromatic nitrogens is 2. The second-order valence-corrected chi connectivity index (χ2v) is 8.10. The van der Waals surface area contributed by atoms with Crippen molar-refractivity contribution >= 4 is 28.6 Å². The van der Waals surface area contributed by atoms with Gasteiger partial charge >= 0.3 is 12.1 Å². The van der Waals surface area contributed by atoms with E-state index in [0.717, 1.165) is 15.7 Å². The van der Waals surface area contributed by atoms with Gasteiger partial charge in [0.1, 0.15) is 6.54 Å². The van der Waals surface area contributed by atoms with Gasteiger partial charge in [-0.15, -0.1) is 0 Å². The van der Waals surface area contributed by atoms with Gasteiger partial charge < -0.3 is 14.6 Å². The molecule has 4 aromatic rings. The van der Waals surface area contributed by atoms with Crippen LogP contribution in [0.4, 0.5) is 18.9 Å². The van der Waals surface area contributed by atoms with E-state index in [4.69, 9.17) is 4.74 Å². The van der Waals surface area contributed by atoms with Crippen molar-refractivity contribution in [2.24, 2.45) is 0 Å². The van der Waals surface area contributed by atoms with Crippen molar-refractivity contribution in [3.63, 3.8) is 0 Å². The molecule has 6 nitrogen and oxygen atoms in total. The molecule has 9 heteroatoms. The van der Waals surface area contributed by atoms with E-state index in [0.29, 0.717) is 11.3 Å². The van der Waals surface area contributed by atoms with Gasteiger partial charge in [-0.2, -0.15) is 13.2 Å². The van der Waals surface area contributed by atoms with Crippen molar-refractivity contribution in [1.29, 1.82) is 0 Å². The molecule has 0 radical (unpaired) electrons. The van der Waals surface area contributed by atoms with E-state index in [1.54, 1.807) is 48.5 Å². The van der Waals surface area contributed by atoms with Crippen LogP contribution in [0.25, 0.3) is 11.0 Å². The molecule has 4 rings (SSSR count). The number of para-hydroxylation sites is 2. The minimum absolute atomic E-state index is 0.0971. The third-order valence-corrected chi connectivity index (χ3v) is 5.44. The van der Waals surface area contributed by atoms with Gasteiger partial charge in [-0.1, -0.05) is 54.6 Å². The normalized spacial score (nSPS) is 12.4. The minimum Gasteiger partial charge on any atom is -0.446 e. The fourth-order valence-electron chi connectivity index (χ4n) is 3.72. The number of anilines is 1. The number of nitrogens with one attached hydrogen (secondary N) is 1. The first-order chi connectivity index (χ1) is 16.6. The maximum absolute atomic E-state index is 13.6. The molecule has 0 aliphatic rings. The fraction of sp³-hybridized carbons (Fsp3) is 0.192. The number of rotatable bonds is 6. The van der Waals surface area contributed by atoms with E-state index in [9.17, 15) is 22.8 Å². The second-order valence-electron chi connectivity index (χ2n) is 8.10. The fourth-order valence-corrected chi connectivity index (χ4v) is 3.72. The van der Waals surface area contributed by atoms with Gasteiger partial charge in [0.2, 0.25) is 11.9 Å². The third kappa shape index (κ3) is 5.34. The predicted octanol–water partition coefficient (Wildman–Crippen LogP) is 5.60. The average molecular weight is 481 g/mol. The number of imidazole rings is 1. The highest BCUT2D eigenvalue weighted by molar-refractivity contribution is 5.96. The molecule has 1 N–H and O–H groups in total. The maximum atomic E-state index is 13.6. The molecule has 35 heavy (non-hydrogen) atoms. The van der Waals surface area contributed by atoms with E-state index in [1.807, 2.05) is 26.0 Å². The smallest absolute Gasteiger partial charge is 0.446 e. The summed E-state index contributed by atoms with van der Waals surface area (Å²) in [5, 5.41) is 2.76. The molecule has 0 saturated carbocycles. The number of halogens is 3. The third-order valence-electron chi connectivity index (χ3n) is 5.44. The first kappa shape index (κ1) is 24.0. The van der Waals surface area contributed by atoms with E-state index in [1.165, 1.54) is 12.1 Å². The Bertz CT molecular complexity index is 1380. The number of benzene rings is 3. The van der Waals surface area contributed by atoms with Crippen LogP contribution in [0.3, 0.4) is 0 Å². The molecule has 0 aliphatic carbocycles. The number of esters is 1. The SMILES string of the molecule is Cc1ccc(C)c(NC(=O)C(OC(=O)Cn2c(C(F)(F)F)nc3ccccc32)c2ccccc2)c1. The van der Waals surface area contributed by atoms with Crippen molar-refractivity contribution in [2.75, 3.05) is 5.32 Å². The summed E-state index contributed by atoms with van der Waals surface area (Å²) in [6, 6.07) is 19.8. The summed E-state index contributed by atoms with van der Waals surface area (Å²) in [6.07, 6.45) is -6.15. The number of ether oxygens (including phenoxy) is 1. The Kier molecular flexibility index (Phi) is 6.59. The van der Waals surface area contributed by atoms with E-state index in [2.05, 4.69) is 10.3 Å². The summed E-state index contributed by atoms with van der Waals surface area (Å²) >= 11 is 0. The highest BCUT2D eigenvalue weighted by Gasteiger charge is 2.38. The molecular formula is C26H22F3N3O3.